The van der Waals surface area contributed by atoms with E-state index in [9.17, 15) is 0 Å². The van der Waals surface area contributed by atoms with E-state index in [2.05, 4.69) is 417 Å². The summed E-state index contributed by atoms with van der Waals surface area (Å²) in [6.07, 6.45) is 0. The smallest absolute Gasteiger partial charge is 0.166 e. The Balaban J connectivity index is 0.000000139. The van der Waals surface area contributed by atoms with Crippen molar-refractivity contribution in [3.63, 3.8) is 0 Å². The van der Waals surface area contributed by atoms with Crippen LogP contribution < -0.4 is 0 Å². The number of thiophene rings is 2. The van der Waals surface area contributed by atoms with Crippen LogP contribution in [0.1, 0.15) is 0 Å². The second kappa shape index (κ2) is 32.3. The van der Waals surface area contributed by atoms with E-state index in [-0.39, 0.29) is 0 Å². The summed E-state index contributed by atoms with van der Waals surface area (Å²) in [5.74, 6) is 3.66. The molecule has 0 unspecified atom stereocenters. The summed E-state index contributed by atoms with van der Waals surface area (Å²) in [4.78, 5) is 31.8. The quantitative estimate of drug-likeness (QED) is 0.114. The van der Waals surface area contributed by atoms with Crippen LogP contribution >= 0.6 is 22.7 Å². The topological polar surface area (TPSA) is 102 Å². The summed E-state index contributed by atoms with van der Waals surface area (Å²) < 4.78 is 17.2. The highest BCUT2D eigenvalue weighted by Crippen LogP contribution is 2.48. The standard InChI is InChI=1S/C69H42N6S.C57H35N5S/c1-3-17-43(18-4-1)67-70-68(44-19-5-2-6-20-44)72-69(71-67)57-39-45(46-31-35-56-55-25-11-16-30-65(55)76-66(56)40-46)32-38-62(57)75-63-41-47(73-58-26-12-7-21-49(58)50-22-8-13-27-59(50)73)33-36-53(63)54-37-34-48(42-64(54)75)74-60-28-14-9-23-51(60)52-24-10-15-29-61(52)74;1-3-15-36(16-4-1)55-58-56(37-17-5-2-6-18-37)60-57(59-55)47-33-38(39-27-30-45-44-22-10-14-26-53(44)63-54(45)34-39)28-31-52(47)62-50-25-13-9-21-43(50)46-35-40(29-32-51(46)62)61-48-23-11-7-19-41(48)42-20-8-12-24-49(42)61/h1-42H;1-35H. The van der Waals surface area contributed by atoms with Crippen LogP contribution in [0.4, 0.5) is 0 Å². The Hall–Kier alpha value is -18.1. The third kappa shape index (κ3) is 13.1. The maximum Gasteiger partial charge on any atom is 0.166 e. The third-order valence-electron chi connectivity index (χ3n) is 27.7. The van der Waals surface area contributed by atoms with Gasteiger partial charge in [-0.1, -0.05) is 334 Å². The molecule has 0 amide bonds. The fraction of sp³-hybridized carbons (Fsp3) is 0. The van der Waals surface area contributed by atoms with Crippen molar-refractivity contribution in [3.8, 4) is 119 Å². The highest BCUT2D eigenvalue weighted by atomic mass is 32.1. The van der Waals surface area contributed by atoms with Gasteiger partial charge in [-0.15, -0.1) is 22.7 Å². The van der Waals surface area contributed by atoms with Gasteiger partial charge < -0.3 is 22.8 Å². The molecule has 0 saturated carbocycles. The minimum Gasteiger partial charge on any atom is -0.309 e. The van der Waals surface area contributed by atoms with E-state index in [0.717, 1.165) is 139 Å². The Morgan fingerprint density at radius 2 is 0.374 bits per heavy atom. The molecule has 13 heteroatoms. The molecular weight excluding hydrogens is 1730 g/mol. The highest BCUT2D eigenvalue weighted by Gasteiger charge is 2.28. The Morgan fingerprint density at radius 1 is 0.137 bits per heavy atom. The van der Waals surface area contributed by atoms with Crippen molar-refractivity contribution < 1.29 is 0 Å². The van der Waals surface area contributed by atoms with E-state index in [1.54, 1.807) is 0 Å². The molecule has 0 atom stereocenters. The van der Waals surface area contributed by atoms with Crippen molar-refractivity contribution >= 4 is 172 Å². The molecule has 0 fully saturated rings. The lowest BCUT2D eigenvalue weighted by atomic mass is 9.99. The van der Waals surface area contributed by atoms with Crippen LogP contribution in [0, 0.1) is 0 Å². The van der Waals surface area contributed by atoms with Crippen LogP contribution in [0.25, 0.3) is 268 Å². The van der Waals surface area contributed by atoms with Gasteiger partial charge in [0.15, 0.2) is 34.9 Å². The molecule has 648 valence electrons. The molecule has 0 radical (unpaired) electrons. The molecule has 20 aromatic carbocycles. The van der Waals surface area contributed by atoms with E-state index in [1.807, 2.05) is 95.5 Å². The molecule has 139 heavy (non-hydrogen) atoms. The first-order valence-corrected chi connectivity index (χ1v) is 48.5. The number of hydrogen-bond donors (Lipinski definition) is 0. The largest absolute Gasteiger partial charge is 0.309 e. The normalized spacial score (nSPS) is 11.9. The Kier molecular flexibility index (Phi) is 18.5. The average Bonchev–Trinajstić information content (AvgIpc) is 1.66. The van der Waals surface area contributed by atoms with Gasteiger partial charge in [-0.25, -0.2) is 29.9 Å². The predicted octanol–water partition coefficient (Wildman–Crippen LogP) is 33.3. The first kappa shape index (κ1) is 79.4. The molecule has 0 bridgehead atoms. The van der Waals surface area contributed by atoms with Crippen LogP contribution in [-0.4, -0.2) is 52.7 Å². The fourth-order valence-corrected chi connectivity index (χ4v) is 23.6. The number of nitrogens with zero attached hydrogens (tertiary/aromatic N) is 11. The number of hydrogen-bond acceptors (Lipinski definition) is 8. The van der Waals surface area contributed by atoms with Gasteiger partial charge in [-0.3, -0.25) is 0 Å². The second-order valence-corrected chi connectivity index (χ2v) is 37.7. The number of rotatable bonds is 13. The zero-order valence-electron chi connectivity index (χ0n) is 74.7. The minimum atomic E-state index is 0.583. The molecule has 9 heterocycles. The number of para-hydroxylation sites is 7. The lowest BCUT2D eigenvalue weighted by Gasteiger charge is -2.17. The van der Waals surface area contributed by atoms with Gasteiger partial charge >= 0.3 is 0 Å². The molecule has 11 nitrogen and oxygen atoms in total. The van der Waals surface area contributed by atoms with Crippen molar-refractivity contribution in [1.82, 2.24) is 52.7 Å². The summed E-state index contributed by atoms with van der Waals surface area (Å²) in [5.41, 5.74) is 26.5. The van der Waals surface area contributed by atoms with E-state index >= 15 is 0 Å². The van der Waals surface area contributed by atoms with Crippen LogP contribution in [0.2, 0.25) is 0 Å². The molecular formula is C126H77N11S2. The monoisotopic (exact) mass is 1810 g/mol. The lowest BCUT2D eigenvalue weighted by molar-refractivity contribution is 1.06. The van der Waals surface area contributed by atoms with Gasteiger partial charge in [0.25, 0.3) is 0 Å². The van der Waals surface area contributed by atoms with Gasteiger partial charge in [0.2, 0.25) is 0 Å². The molecule has 29 rings (SSSR count). The summed E-state index contributed by atoms with van der Waals surface area (Å²) in [7, 11) is 0. The van der Waals surface area contributed by atoms with E-state index in [0.29, 0.717) is 34.9 Å². The van der Waals surface area contributed by atoms with Gasteiger partial charge in [-0.05, 0) is 156 Å². The van der Waals surface area contributed by atoms with Crippen LogP contribution in [0.3, 0.4) is 0 Å². The molecule has 0 aliphatic heterocycles. The number of aromatic nitrogens is 11. The summed E-state index contributed by atoms with van der Waals surface area (Å²) in [6, 6.07) is 167. The molecule has 0 saturated heterocycles. The molecule has 0 N–H and O–H groups in total. The zero-order valence-corrected chi connectivity index (χ0v) is 76.3. The highest BCUT2D eigenvalue weighted by molar-refractivity contribution is 7.26. The second-order valence-electron chi connectivity index (χ2n) is 35.6. The maximum absolute atomic E-state index is 5.45. The summed E-state index contributed by atoms with van der Waals surface area (Å²) in [6.45, 7) is 0. The molecule has 0 aliphatic rings. The Bertz CT molecular complexity index is 9610. The van der Waals surface area contributed by atoms with Crippen molar-refractivity contribution in [2.24, 2.45) is 0 Å². The molecule has 0 aliphatic carbocycles. The van der Waals surface area contributed by atoms with Crippen LogP contribution in [0.5, 0.6) is 0 Å². The van der Waals surface area contributed by atoms with E-state index in [4.69, 9.17) is 29.9 Å². The van der Waals surface area contributed by atoms with Crippen molar-refractivity contribution in [1.29, 1.82) is 0 Å². The Labute approximate surface area is 804 Å². The van der Waals surface area contributed by atoms with Crippen LogP contribution in [0.15, 0.2) is 467 Å². The first-order chi connectivity index (χ1) is 68.9. The summed E-state index contributed by atoms with van der Waals surface area (Å²) >= 11 is 3.67. The van der Waals surface area contributed by atoms with Crippen molar-refractivity contribution in [2.75, 3.05) is 0 Å². The van der Waals surface area contributed by atoms with Gasteiger partial charge in [-0.2, -0.15) is 0 Å². The Morgan fingerprint density at radius 3 is 0.727 bits per heavy atom. The first-order valence-electron chi connectivity index (χ1n) is 46.9. The fourth-order valence-electron chi connectivity index (χ4n) is 21.3. The molecule has 0 spiro atoms. The molecule has 29 aromatic rings. The van der Waals surface area contributed by atoms with Gasteiger partial charge in [0.05, 0.1) is 66.5 Å². The maximum atomic E-state index is 5.45. The minimum absolute atomic E-state index is 0.583. The lowest BCUT2D eigenvalue weighted by Crippen LogP contribution is -2.04. The third-order valence-corrected chi connectivity index (χ3v) is 30.0. The van der Waals surface area contributed by atoms with Gasteiger partial charge in [0.1, 0.15) is 0 Å². The van der Waals surface area contributed by atoms with E-state index < -0.39 is 0 Å². The predicted molar refractivity (Wildman–Crippen MR) is 581 cm³/mol. The van der Waals surface area contributed by atoms with Crippen LogP contribution in [-0.2, 0) is 0 Å². The average molecular weight is 1810 g/mol. The van der Waals surface area contributed by atoms with Crippen molar-refractivity contribution in [3.05, 3.63) is 467 Å². The van der Waals surface area contributed by atoms with Crippen molar-refractivity contribution in [2.45, 2.75) is 0 Å². The summed E-state index contributed by atoms with van der Waals surface area (Å²) in [5, 5.41) is 17.1. The zero-order chi connectivity index (χ0) is 91.3. The molecule has 9 aromatic heterocycles. The number of benzene rings is 20. The SMILES string of the molecule is c1ccc(-c2nc(-c3ccccc3)nc(-c3cc(-c4ccc5c(c4)sc4ccccc45)ccc3-n3c4cc(-n5c6ccccc6c6ccccc65)ccc4c4ccc(-n5c6ccccc6c6ccccc65)cc43)n2)cc1.c1ccc(-c2nc(-c3ccccc3)nc(-c3cc(-c4ccc5c(c4)sc4ccccc45)ccc3-n3c4ccccc4c4cc(-n5c6ccccc6c6ccccc65)ccc43)n2)cc1. The van der Waals surface area contributed by atoms with Gasteiger partial charge in [0, 0.05) is 145 Å². The van der Waals surface area contributed by atoms with E-state index in [1.165, 1.54) is 94.5 Å². The number of fused-ring (bicyclic) bond motifs is 21.